The van der Waals surface area contributed by atoms with Gasteiger partial charge in [-0.1, -0.05) is 19.7 Å². The molecule has 12 heteroatoms. The van der Waals surface area contributed by atoms with Gasteiger partial charge in [-0.15, -0.1) is 0 Å². The molecule has 0 aliphatic heterocycles. The Morgan fingerprint density at radius 1 is 0.618 bits per heavy atom. The Labute approximate surface area is 198 Å². The number of nitrogens with one attached hydrogen (secondary N) is 2. The summed E-state index contributed by atoms with van der Waals surface area (Å²) in [5.74, 6) is -3.65. The van der Waals surface area contributed by atoms with Crippen molar-refractivity contribution in [1.82, 2.24) is 15.5 Å². The summed E-state index contributed by atoms with van der Waals surface area (Å²) in [5.41, 5.74) is -0.119. The number of amides is 3. The molecule has 188 valence electrons. The van der Waals surface area contributed by atoms with E-state index >= 15 is 0 Å². The van der Waals surface area contributed by atoms with Gasteiger partial charge in [0.25, 0.3) is 0 Å². The molecule has 0 saturated heterocycles. The molecule has 0 rings (SSSR count). The molecule has 3 amide bonds. The first-order valence-electron chi connectivity index (χ1n) is 10.1. The highest BCUT2D eigenvalue weighted by atomic mass is 16.5. The Bertz CT molecular complexity index is 801. The molecule has 0 aliphatic rings. The van der Waals surface area contributed by atoms with Gasteiger partial charge >= 0.3 is 17.9 Å². The average Bonchev–Trinajstić information content (AvgIpc) is 2.80. The van der Waals surface area contributed by atoms with Crippen LogP contribution in [0.5, 0.6) is 0 Å². The second-order valence-electron chi connectivity index (χ2n) is 6.90. The molecule has 0 aromatic rings. The van der Waals surface area contributed by atoms with Crippen molar-refractivity contribution in [1.29, 1.82) is 0 Å². The highest BCUT2D eigenvalue weighted by Crippen LogP contribution is 2.06. The van der Waals surface area contributed by atoms with E-state index in [2.05, 4.69) is 44.6 Å². The Morgan fingerprint density at radius 2 is 0.941 bits per heavy atom. The summed E-state index contributed by atoms with van der Waals surface area (Å²) in [6.45, 7) is 10.6. The molecule has 0 saturated carbocycles. The normalized spacial score (nSPS) is 9.74. The van der Waals surface area contributed by atoms with E-state index in [0.29, 0.717) is 0 Å². The van der Waals surface area contributed by atoms with Crippen molar-refractivity contribution >= 4 is 35.6 Å². The van der Waals surface area contributed by atoms with Crippen molar-refractivity contribution in [2.24, 2.45) is 0 Å². The maximum absolute atomic E-state index is 12.6. The second kappa shape index (κ2) is 15.8. The topological polar surface area (TPSA) is 157 Å². The van der Waals surface area contributed by atoms with Crippen LogP contribution < -0.4 is 10.6 Å². The number of hydrogen-bond acceptors (Lipinski definition) is 9. The number of ether oxygens (including phenoxy) is 3. The van der Waals surface area contributed by atoms with Crippen LogP contribution in [0.1, 0.15) is 19.3 Å². The van der Waals surface area contributed by atoms with Gasteiger partial charge in [0.1, 0.15) is 0 Å². The van der Waals surface area contributed by atoms with Gasteiger partial charge in [0, 0.05) is 42.9 Å². The van der Waals surface area contributed by atoms with E-state index < -0.39 is 35.6 Å². The van der Waals surface area contributed by atoms with E-state index in [-0.39, 0.29) is 62.2 Å². The van der Waals surface area contributed by atoms with Crippen molar-refractivity contribution < 1.29 is 43.0 Å². The molecule has 0 aromatic heterocycles. The summed E-state index contributed by atoms with van der Waals surface area (Å²) >= 11 is 0. The van der Waals surface area contributed by atoms with Gasteiger partial charge in [-0.2, -0.15) is 0 Å². The number of rotatable bonds is 15. The van der Waals surface area contributed by atoms with Gasteiger partial charge in [-0.05, 0) is 0 Å². The van der Waals surface area contributed by atoms with Gasteiger partial charge < -0.3 is 29.7 Å². The standard InChI is InChI=1S/C22H31N3O9/c1-14(20(29)32-4)11-17(26)23-7-9-25(19(28)13-16(3)22(31)34-6)10-8-24-18(27)12-15(2)21(30)33-5/h1-3,7-13H2,4-6H3,(H,23,26)(H,24,27). The van der Waals surface area contributed by atoms with Crippen LogP contribution in [0.25, 0.3) is 0 Å². The Kier molecular flexibility index (Phi) is 13.9. The van der Waals surface area contributed by atoms with E-state index in [1.54, 1.807) is 0 Å². The molecule has 0 heterocycles. The Balaban J connectivity index is 4.91. The maximum Gasteiger partial charge on any atom is 0.333 e. The van der Waals surface area contributed by atoms with Crippen LogP contribution in [0.4, 0.5) is 0 Å². The molecular formula is C22H31N3O9. The Hall–Kier alpha value is -3.96. The van der Waals surface area contributed by atoms with Crippen LogP contribution in [-0.4, -0.2) is 88.0 Å². The first-order chi connectivity index (χ1) is 16.0. The van der Waals surface area contributed by atoms with E-state index in [4.69, 9.17) is 0 Å². The van der Waals surface area contributed by atoms with Crippen LogP contribution in [-0.2, 0) is 43.0 Å². The fourth-order valence-corrected chi connectivity index (χ4v) is 2.48. The molecular weight excluding hydrogens is 450 g/mol. The van der Waals surface area contributed by atoms with Gasteiger partial charge in [0.05, 0.1) is 40.6 Å². The zero-order valence-electron chi connectivity index (χ0n) is 19.7. The number of carbonyl (C=O) groups excluding carboxylic acids is 6. The van der Waals surface area contributed by atoms with Crippen LogP contribution in [0.3, 0.4) is 0 Å². The largest absolute Gasteiger partial charge is 0.466 e. The monoisotopic (exact) mass is 481 g/mol. The second-order valence-corrected chi connectivity index (χ2v) is 6.90. The van der Waals surface area contributed by atoms with Gasteiger partial charge in [-0.25, -0.2) is 14.4 Å². The van der Waals surface area contributed by atoms with E-state index in [9.17, 15) is 28.8 Å². The zero-order chi connectivity index (χ0) is 26.3. The predicted molar refractivity (Wildman–Crippen MR) is 120 cm³/mol. The fourth-order valence-electron chi connectivity index (χ4n) is 2.48. The molecule has 12 nitrogen and oxygen atoms in total. The first-order valence-corrected chi connectivity index (χ1v) is 10.1. The molecule has 0 bridgehead atoms. The molecule has 34 heavy (non-hydrogen) atoms. The summed E-state index contributed by atoms with van der Waals surface area (Å²) in [6.07, 6.45) is -0.882. The number of esters is 3. The molecule has 0 aliphatic carbocycles. The minimum absolute atomic E-state index is 0.0246. The summed E-state index contributed by atoms with van der Waals surface area (Å²) in [7, 11) is 3.49. The number of hydrogen-bond donors (Lipinski definition) is 2. The number of carbonyl (C=O) groups is 6. The van der Waals surface area contributed by atoms with Gasteiger partial charge in [0.15, 0.2) is 0 Å². The third-order valence-electron chi connectivity index (χ3n) is 4.30. The SMILES string of the molecule is C=C(CC(=O)NCCN(CCNC(=O)CC(=C)C(=O)OC)C(=O)CC(=C)C(=O)OC)C(=O)OC. The van der Waals surface area contributed by atoms with Crippen molar-refractivity contribution in [3.8, 4) is 0 Å². The van der Waals surface area contributed by atoms with Crippen LogP contribution in [0.2, 0.25) is 0 Å². The predicted octanol–water partition coefficient (Wildman–Crippen LogP) is -0.595. The minimum Gasteiger partial charge on any atom is -0.466 e. The van der Waals surface area contributed by atoms with Gasteiger partial charge in [0.2, 0.25) is 17.7 Å². The lowest BCUT2D eigenvalue weighted by Crippen LogP contribution is -2.43. The summed E-state index contributed by atoms with van der Waals surface area (Å²) in [4.78, 5) is 72.0. The third-order valence-corrected chi connectivity index (χ3v) is 4.30. The molecule has 0 unspecified atom stereocenters. The molecule has 2 N–H and O–H groups in total. The molecule has 0 radical (unpaired) electrons. The highest BCUT2D eigenvalue weighted by molar-refractivity contribution is 5.96. The van der Waals surface area contributed by atoms with Crippen LogP contribution in [0, 0.1) is 0 Å². The minimum atomic E-state index is -0.738. The van der Waals surface area contributed by atoms with Gasteiger partial charge in [-0.3, -0.25) is 14.4 Å². The maximum atomic E-state index is 12.6. The lowest BCUT2D eigenvalue weighted by Gasteiger charge is -2.23. The molecule has 0 atom stereocenters. The quantitative estimate of drug-likeness (QED) is 0.177. The molecule has 0 aromatic carbocycles. The smallest absolute Gasteiger partial charge is 0.333 e. The summed E-state index contributed by atoms with van der Waals surface area (Å²) in [6, 6.07) is 0. The zero-order valence-corrected chi connectivity index (χ0v) is 19.7. The van der Waals surface area contributed by atoms with E-state index in [1.807, 2.05) is 0 Å². The third kappa shape index (κ3) is 11.6. The lowest BCUT2D eigenvalue weighted by atomic mass is 10.2. The lowest BCUT2D eigenvalue weighted by molar-refractivity contribution is -0.139. The average molecular weight is 482 g/mol. The first kappa shape index (κ1) is 30.0. The summed E-state index contributed by atoms with van der Waals surface area (Å²) in [5, 5.41) is 5.09. The van der Waals surface area contributed by atoms with Crippen molar-refractivity contribution in [3.63, 3.8) is 0 Å². The summed E-state index contributed by atoms with van der Waals surface area (Å²) < 4.78 is 13.5. The highest BCUT2D eigenvalue weighted by Gasteiger charge is 2.19. The van der Waals surface area contributed by atoms with Crippen molar-refractivity contribution in [3.05, 3.63) is 36.5 Å². The van der Waals surface area contributed by atoms with Crippen LogP contribution in [0.15, 0.2) is 36.5 Å². The fraction of sp³-hybridized carbons (Fsp3) is 0.455. The number of nitrogens with zero attached hydrogens (tertiary/aromatic N) is 1. The molecule has 0 fully saturated rings. The van der Waals surface area contributed by atoms with E-state index in [1.165, 1.54) is 19.1 Å². The van der Waals surface area contributed by atoms with Crippen LogP contribution >= 0.6 is 0 Å². The van der Waals surface area contributed by atoms with E-state index in [0.717, 1.165) is 7.11 Å². The number of methoxy groups -OCH3 is 3. The Morgan fingerprint density at radius 3 is 1.26 bits per heavy atom. The van der Waals surface area contributed by atoms with Crippen molar-refractivity contribution in [2.75, 3.05) is 47.5 Å². The molecule has 0 spiro atoms. The van der Waals surface area contributed by atoms with Crippen molar-refractivity contribution in [2.45, 2.75) is 19.3 Å².